The van der Waals surface area contributed by atoms with Gasteiger partial charge in [-0.25, -0.2) is 4.39 Å². The third kappa shape index (κ3) is 3.60. The third-order valence-electron chi connectivity index (χ3n) is 2.64. The fourth-order valence-corrected chi connectivity index (χ4v) is 2.34. The Bertz CT molecular complexity index is 641. The lowest BCUT2D eigenvalue weighted by molar-refractivity contribution is 0.628. The van der Waals surface area contributed by atoms with Crippen LogP contribution in [-0.2, 0) is 0 Å². The average Bonchev–Trinajstić information content (AvgIpc) is 2.37. The molecule has 2 N–H and O–H groups in total. The first kappa shape index (κ1) is 15.0. The molecule has 0 radical (unpaired) electrons. The van der Waals surface area contributed by atoms with E-state index < -0.39 is 5.82 Å². The van der Waals surface area contributed by atoms with Gasteiger partial charge >= 0.3 is 0 Å². The summed E-state index contributed by atoms with van der Waals surface area (Å²) in [5.41, 5.74) is 2.21. The molecule has 0 fully saturated rings. The van der Waals surface area contributed by atoms with Crippen LogP contribution in [0, 0.1) is 12.7 Å². The SMILES string of the molecule is Cc1cccc(Cl)c1NC(=S)Nc1ccc(F)cc1Cl. The number of anilines is 2. The summed E-state index contributed by atoms with van der Waals surface area (Å²) in [6.45, 7) is 1.92. The molecular formula is C14H11Cl2FN2S. The van der Waals surface area contributed by atoms with Gasteiger partial charge in [0.05, 0.1) is 21.4 Å². The molecule has 0 aliphatic rings. The van der Waals surface area contributed by atoms with Crippen molar-refractivity contribution in [3.05, 3.63) is 57.8 Å². The minimum atomic E-state index is -0.402. The molecule has 0 saturated heterocycles. The molecule has 0 atom stereocenters. The maximum absolute atomic E-state index is 13.0. The Labute approximate surface area is 131 Å². The van der Waals surface area contributed by atoms with Crippen molar-refractivity contribution in [3.8, 4) is 0 Å². The van der Waals surface area contributed by atoms with E-state index in [-0.39, 0.29) is 5.02 Å². The van der Waals surface area contributed by atoms with Crippen molar-refractivity contribution in [2.45, 2.75) is 6.92 Å². The van der Waals surface area contributed by atoms with Crippen LogP contribution in [0.1, 0.15) is 5.56 Å². The van der Waals surface area contributed by atoms with E-state index in [0.29, 0.717) is 15.8 Å². The third-order valence-corrected chi connectivity index (χ3v) is 3.47. The molecule has 2 nitrogen and oxygen atoms in total. The summed E-state index contributed by atoms with van der Waals surface area (Å²) < 4.78 is 13.0. The van der Waals surface area contributed by atoms with Crippen molar-refractivity contribution in [2.24, 2.45) is 0 Å². The van der Waals surface area contributed by atoms with Gasteiger partial charge in [0.25, 0.3) is 0 Å². The van der Waals surface area contributed by atoms with Crippen molar-refractivity contribution in [2.75, 3.05) is 10.6 Å². The summed E-state index contributed by atoms with van der Waals surface area (Å²) in [5, 5.41) is 7.06. The highest BCUT2D eigenvalue weighted by atomic mass is 35.5. The number of aryl methyl sites for hydroxylation is 1. The quantitative estimate of drug-likeness (QED) is 0.736. The monoisotopic (exact) mass is 328 g/mol. The molecule has 0 aromatic heterocycles. The molecule has 104 valence electrons. The molecule has 20 heavy (non-hydrogen) atoms. The molecular weight excluding hydrogens is 318 g/mol. The maximum Gasteiger partial charge on any atom is 0.175 e. The largest absolute Gasteiger partial charge is 0.331 e. The van der Waals surface area contributed by atoms with Gasteiger partial charge in [0.2, 0.25) is 0 Å². The standard InChI is InChI=1S/C14H11Cl2FN2S/c1-8-3-2-4-10(15)13(8)19-14(20)18-12-6-5-9(17)7-11(12)16/h2-7H,1H3,(H2,18,19,20). The van der Waals surface area contributed by atoms with E-state index in [1.54, 1.807) is 6.07 Å². The minimum Gasteiger partial charge on any atom is -0.331 e. The fraction of sp³-hybridized carbons (Fsp3) is 0.0714. The molecule has 0 unspecified atom stereocenters. The second-order valence-corrected chi connectivity index (χ2v) is 5.36. The zero-order valence-electron chi connectivity index (χ0n) is 10.5. The van der Waals surface area contributed by atoms with Gasteiger partial charge in [-0.2, -0.15) is 0 Å². The summed E-state index contributed by atoms with van der Waals surface area (Å²) in [6, 6.07) is 9.58. The second kappa shape index (κ2) is 6.39. The number of hydrogen-bond acceptors (Lipinski definition) is 1. The molecule has 2 aromatic carbocycles. The van der Waals surface area contributed by atoms with Crippen molar-refractivity contribution in [1.29, 1.82) is 0 Å². The lowest BCUT2D eigenvalue weighted by Gasteiger charge is -2.14. The second-order valence-electron chi connectivity index (χ2n) is 4.14. The van der Waals surface area contributed by atoms with Gasteiger partial charge in [-0.1, -0.05) is 35.3 Å². The Morgan fingerprint density at radius 2 is 1.85 bits per heavy atom. The number of rotatable bonds is 2. The summed E-state index contributed by atoms with van der Waals surface area (Å²) >= 11 is 17.2. The molecule has 6 heteroatoms. The van der Waals surface area contributed by atoms with Crippen LogP contribution in [-0.4, -0.2) is 5.11 Å². The van der Waals surface area contributed by atoms with Crippen LogP contribution >= 0.6 is 35.4 Å². The van der Waals surface area contributed by atoms with Crippen LogP contribution in [0.3, 0.4) is 0 Å². The number of thiocarbonyl (C=S) groups is 1. The van der Waals surface area contributed by atoms with E-state index in [0.717, 1.165) is 11.3 Å². The predicted molar refractivity (Wildman–Crippen MR) is 87.4 cm³/mol. The van der Waals surface area contributed by atoms with Crippen LogP contribution in [0.25, 0.3) is 0 Å². The van der Waals surface area contributed by atoms with Gasteiger partial charge in [0, 0.05) is 0 Å². The van der Waals surface area contributed by atoms with Gasteiger partial charge < -0.3 is 10.6 Å². The van der Waals surface area contributed by atoms with E-state index in [1.165, 1.54) is 18.2 Å². The fourth-order valence-electron chi connectivity index (χ4n) is 1.65. The zero-order chi connectivity index (χ0) is 14.7. The van der Waals surface area contributed by atoms with Gasteiger partial charge in [-0.15, -0.1) is 0 Å². The van der Waals surface area contributed by atoms with Gasteiger partial charge in [0.1, 0.15) is 5.82 Å². The van der Waals surface area contributed by atoms with Crippen molar-refractivity contribution >= 4 is 51.9 Å². The summed E-state index contributed by atoms with van der Waals surface area (Å²) in [5.74, 6) is -0.402. The normalized spacial score (nSPS) is 10.2. The zero-order valence-corrected chi connectivity index (χ0v) is 12.8. The van der Waals surface area contributed by atoms with Crippen molar-refractivity contribution in [3.63, 3.8) is 0 Å². The molecule has 2 aromatic rings. The lowest BCUT2D eigenvalue weighted by Crippen LogP contribution is -2.20. The predicted octanol–water partition coefficient (Wildman–Crippen LogP) is 5.25. The van der Waals surface area contributed by atoms with E-state index in [1.807, 2.05) is 19.1 Å². The van der Waals surface area contributed by atoms with Crippen LogP contribution in [0.15, 0.2) is 36.4 Å². The minimum absolute atomic E-state index is 0.255. The molecule has 0 heterocycles. The maximum atomic E-state index is 13.0. The summed E-state index contributed by atoms with van der Waals surface area (Å²) in [4.78, 5) is 0. The Hall–Kier alpha value is -1.36. The molecule has 0 amide bonds. The Kier molecular flexibility index (Phi) is 4.81. The first-order chi connectivity index (χ1) is 9.47. The summed E-state index contributed by atoms with van der Waals surface area (Å²) in [7, 11) is 0. The Morgan fingerprint density at radius 3 is 2.50 bits per heavy atom. The summed E-state index contributed by atoms with van der Waals surface area (Å²) in [6.07, 6.45) is 0. The van der Waals surface area contributed by atoms with Crippen LogP contribution < -0.4 is 10.6 Å². The van der Waals surface area contributed by atoms with E-state index in [9.17, 15) is 4.39 Å². The van der Waals surface area contributed by atoms with Gasteiger partial charge in [-0.05, 0) is 49.0 Å². The smallest absolute Gasteiger partial charge is 0.175 e. The number of benzene rings is 2. The first-order valence-corrected chi connectivity index (χ1v) is 6.92. The van der Waals surface area contributed by atoms with E-state index >= 15 is 0 Å². The van der Waals surface area contributed by atoms with Crippen molar-refractivity contribution < 1.29 is 4.39 Å². The number of nitrogens with one attached hydrogen (secondary N) is 2. The Morgan fingerprint density at radius 1 is 1.10 bits per heavy atom. The molecule has 2 rings (SSSR count). The molecule has 0 spiro atoms. The van der Waals surface area contributed by atoms with Crippen LogP contribution in [0.5, 0.6) is 0 Å². The molecule has 0 aliphatic heterocycles. The van der Waals surface area contributed by atoms with Crippen molar-refractivity contribution in [1.82, 2.24) is 0 Å². The first-order valence-electron chi connectivity index (χ1n) is 5.75. The van der Waals surface area contributed by atoms with Crippen LogP contribution in [0.2, 0.25) is 10.0 Å². The lowest BCUT2D eigenvalue weighted by atomic mass is 10.2. The number of halogens is 3. The highest BCUT2D eigenvalue weighted by molar-refractivity contribution is 7.80. The van der Waals surface area contributed by atoms with E-state index in [2.05, 4.69) is 10.6 Å². The number of para-hydroxylation sites is 1. The molecule has 0 bridgehead atoms. The average molecular weight is 329 g/mol. The molecule has 0 aliphatic carbocycles. The molecule has 0 saturated carbocycles. The van der Waals surface area contributed by atoms with Gasteiger partial charge in [0.15, 0.2) is 5.11 Å². The van der Waals surface area contributed by atoms with Crippen LogP contribution in [0.4, 0.5) is 15.8 Å². The van der Waals surface area contributed by atoms with E-state index in [4.69, 9.17) is 35.4 Å². The Balaban J connectivity index is 2.13. The highest BCUT2D eigenvalue weighted by Gasteiger charge is 2.08. The highest BCUT2D eigenvalue weighted by Crippen LogP contribution is 2.26. The topological polar surface area (TPSA) is 24.1 Å². The van der Waals surface area contributed by atoms with Gasteiger partial charge in [-0.3, -0.25) is 0 Å². The number of hydrogen-bond donors (Lipinski definition) is 2.